The van der Waals surface area contributed by atoms with Crippen LogP contribution in [0.4, 0.5) is 11.4 Å². The number of fused-ring (bicyclic) bond motifs is 1. The number of aromatic amines is 1. The van der Waals surface area contributed by atoms with Crippen LogP contribution in [0.1, 0.15) is 30.3 Å². The van der Waals surface area contributed by atoms with E-state index < -0.39 is 0 Å². The molecule has 1 aliphatic heterocycles. The van der Waals surface area contributed by atoms with E-state index in [0.29, 0.717) is 30.2 Å². The van der Waals surface area contributed by atoms with Gasteiger partial charge in [-0.1, -0.05) is 18.2 Å². The monoisotopic (exact) mass is 404 g/mol. The van der Waals surface area contributed by atoms with E-state index in [1.54, 1.807) is 29.2 Å². The molecule has 1 saturated heterocycles. The van der Waals surface area contributed by atoms with Gasteiger partial charge in [0, 0.05) is 42.3 Å². The van der Waals surface area contributed by atoms with Crippen LogP contribution in [0, 0.1) is 5.92 Å². The molecule has 1 aromatic heterocycles. The minimum Gasteiger partial charge on any atom is -0.351 e. The van der Waals surface area contributed by atoms with Gasteiger partial charge in [0.1, 0.15) is 5.69 Å². The summed E-state index contributed by atoms with van der Waals surface area (Å²) < 4.78 is 0. The number of aromatic nitrogens is 1. The molecule has 0 bridgehead atoms. The third-order valence-electron chi connectivity index (χ3n) is 5.31. The fraction of sp³-hybridized carbons (Fsp3) is 0.261. The molecular weight excluding hydrogens is 380 g/mol. The molecule has 0 saturated carbocycles. The number of benzene rings is 2. The van der Waals surface area contributed by atoms with E-state index in [1.165, 1.54) is 6.92 Å². The summed E-state index contributed by atoms with van der Waals surface area (Å²) in [6, 6.07) is 16.6. The molecule has 1 atom stereocenters. The van der Waals surface area contributed by atoms with E-state index in [9.17, 15) is 14.4 Å². The van der Waals surface area contributed by atoms with Gasteiger partial charge >= 0.3 is 0 Å². The lowest BCUT2D eigenvalue weighted by Gasteiger charge is -2.31. The molecule has 2 heterocycles. The topological polar surface area (TPSA) is 94.3 Å². The lowest BCUT2D eigenvalue weighted by molar-refractivity contribution is -0.121. The second kappa shape index (κ2) is 8.41. The van der Waals surface area contributed by atoms with Gasteiger partial charge in [-0.25, -0.2) is 0 Å². The van der Waals surface area contributed by atoms with Crippen molar-refractivity contribution >= 4 is 40.0 Å². The number of carbonyl (C=O) groups excluding carboxylic acids is 3. The Bertz CT molecular complexity index is 1050. The van der Waals surface area contributed by atoms with Crippen molar-refractivity contribution in [3.8, 4) is 0 Å². The number of rotatable bonds is 4. The molecule has 154 valence electrons. The Morgan fingerprint density at radius 1 is 1.00 bits per heavy atom. The largest absolute Gasteiger partial charge is 0.351 e. The van der Waals surface area contributed by atoms with Crippen molar-refractivity contribution in [2.24, 2.45) is 5.92 Å². The van der Waals surface area contributed by atoms with Crippen molar-refractivity contribution < 1.29 is 14.4 Å². The van der Waals surface area contributed by atoms with Crippen molar-refractivity contribution in [2.45, 2.75) is 19.8 Å². The number of amides is 3. The maximum absolute atomic E-state index is 12.9. The Hall–Kier alpha value is -3.61. The van der Waals surface area contributed by atoms with Crippen LogP contribution < -0.4 is 10.6 Å². The number of hydrogen-bond donors (Lipinski definition) is 3. The van der Waals surface area contributed by atoms with Gasteiger partial charge in [0.15, 0.2) is 0 Å². The van der Waals surface area contributed by atoms with Gasteiger partial charge in [-0.2, -0.15) is 0 Å². The fourth-order valence-corrected chi connectivity index (χ4v) is 3.82. The minimum absolute atomic E-state index is 0.0802. The Balaban J connectivity index is 1.39. The third kappa shape index (κ3) is 4.35. The molecule has 3 aromatic rings. The molecule has 4 rings (SSSR count). The number of hydrogen-bond acceptors (Lipinski definition) is 3. The van der Waals surface area contributed by atoms with Gasteiger partial charge in [-0.15, -0.1) is 0 Å². The van der Waals surface area contributed by atoms with Crippen molar-refractivity contribution in [1.82, 2.24) is 9.88 Å². The molecule has 7 heteroatoms. The Labute approximate surface area is 174 Å². The van der Waals surface area contributed by atoms with Crippen LogP contribution in [0.5, 0.6) is 0 Å². The summed E-state index contributed by atoms with van der Waals surface area (Å²) in [6.45, 7) is 2.48. The van der Waals surface area contributed by atoms with Crippen molar-refractivity contribution in [1.29, 1.82) is 0 Å². The van der Waals surface area contributed by atoms with Crippen LogP contribution in [0.3, 0.4) is 0 Å². The average molecular weight is 404 g/mol. The van der Waals surface area contributed by atoms with Gasteiger partial charge in [0.25, 0.3) is 5.91 Å². The number of nitrogens with zero attached hydrogens (tertiary/aromatic N) is 1. The number of carbonyl (C=O) groups is 3. The first kappa shape index (κ1) is 19.7. The molecule has 30 heavy (non-hydrogen) atoms. The van der Waals surface area contributed by atoms with Gasteiger partial charge in [-0.3, -0.25) is 14.4 Å². The standard InChI is InChI=1S/C23H24N4O3/c1-15(28)24-18-8-10-19(11-9-18)25-22(29)17-6-4-12-27(14-17)23(30)21-13-16-5-2-3-7-20(16)26-21/h2-3,5,7-11,13,17,26H,4,6,12,14H2,1H3,(H,24,28)(H,25,29)/t17-/m1/s1. The Kier molecular flexibility index (Phi) is 5.52. The van der Waals surface area contributed by atoms with Gasteiger partial charge in [0.05, 0.1) is 5.92 Å². The van der Waals surface area contributed by atoms with E-state index in [2.05, 4.69) is 15.6 Å². The predicted molar refractivity (Wildman–Crippen MR) is 116 cm³/mol. The fourth-order valence-electron chi connectivity index (χ4n) is 3.82. The summed E-state index contributed by atoms with van der Waals surface area (Å²) in [5.74, 6) is -0.587. The number of likely N-dealkylation sites (tertiary alicyclic amines) is 1. The van der Waals surface area contributed by atoms with Crippen LogP contribution in [0.2, 0.25) is 0 Å². The highest BCUT2D eigenvalue weighted by molar-refractivity contribution is 5.99. The van der Waals surface area contributed by atoms with Crippen molar-refractivity contribution in [2.75, 3.05) is 23.7 Å². The molecule has 2 aromatic carbocycles. The first-order chi connectivity index (χ1) is 14.5. The summed E-state index contributed by atoms with van der Waals surface area (Å²) in [7, 11) is 0. The molecular formula is C23H24N4O3. The highest BCUT2D eigenvalue weighted by atomic mass is 16.2. The molecule has 0 spiro atoms. The molecule has 0 aliphatic carbocycles. The van der Waals surface area contributed by atoms with E-state index in [0.717, 1.165) is 23.7 Å². The molecule has 0 radical (unpaired) electrons. The van der Waals surface area contributed by atoms with Crippen molar-refractivity contribution in [3.63, 3.8) is 0 Å². The summed E-state index contributed by atoms with van der Waals surface area (Å²) in [5.41, 5.74) is 2.81. The Morgan fingerprint density at radius 2 is 1.70 bits per heavy atom. The van der Waals surface area contributed by atoms with E-state index >= 15 is 0 Å². The van der Waals surface area contributed by atoms with Crippen LogP contribution in [0.25, 0.3) is 10.9 Å². The number of nitrogens with one attached hydrogen (secondary N) is 3. The summed E-state index contributed by atoms with van der Waals surface area (Å²) >= 11 is 0. The highest BCUT2D eigenvalue weighted by Crippen LogP contribution is 2.23. The van der Waals surface area contributed by atoms with E-state index in [-0.39, 0.29) is 23.6 Å². The zero-order valence-corrected chi connectivity index (χ0v) is 16.8. The SMILES string of the molecule is CC(=O)Nc1ccc(NC(=O)[C@@H]2CCCN(C(=O)c3cc4ccccc4[nH]3)C2)cc1. The quantitative estimate of drug-likeness (QED) is 0.620. The predicted octanol–water partition coefficient (Wildman–Crippen LogP) is 3.62. The van der Waals surface area contributed by atoms with Gasteiger partial charge in [-0.05, 0) is 49.2 Å². The number of piperidine rings is 1. The van der Waals surface area contributed by atoms with E-state index in [1.807, 2.05) is 30.3 Å². The number of anilines is 2. The Morgan fingerprint density at radius 3 is 2.40 bits per heavy atom. The van der Waals surface area contributed by atoms with Gasteiger partial charge in [0.2, 0.25) is 11.8 Å². The summed E-state index contributed by atoms with van der Waals surface area (Å²) in [5, 5.41) is 6.60. The van der Waals surface area contributed by atoms with Crippen LogP contribution in [0.15, 0.2) is 54.6 Å². The zero-order valence-electron chi connectivity index (χ0n) is 16.8. The molecule has 1 fully saturated rings. The highest BCUT2D eigenvalue weighted by Gasteiger charge is 2.29. The second-order valence-corrected chi connectivity index (χ2v) is 7.61. The summed E-state index contributed by atoms with van der Waals surface area (Å²) in [6.07, 6.45) is 1.53. The van der Waals surface area contributed by atoms with Crippen LogP contribution >= 0.6 is 0 Å². The van der Waals surface area contributed by atoms with Crippen LogP contribution in [-0.2, 0) is 9.59 Å². The second-order valence-electron chi connectivity index (χ2n) is 7.61. The lowest BCUT2D eigenvalue weighted by atomic mass is 9.96. The molecule has 3 amide bonds. The van der Waals surface area contributed by atoms with Gasteiger partial charge < -0.3 is 20.5 Å². The van der Waals surface area contributed by atoms with Crippen molar-refractivity contribution in [3.05, 3.63) is 60.3 Å². The third-order valence-corrected chi connectivity index (χ3v) is 5.31. The molecule has 0 unspecified atom stereocenters. The lowest BCUT2D eigenvalue weighted by Crippen LogP contribution is -2.43. The molecule has 7 nitrogen and oxygen atoms in total. The van der Waals surface area contributed by atoms with Crippen LogP contribution in [-0.4, -0.2) is 40.7 Å². The zero-order chi connectivity index (χ0) is 21.1. The maximum Gasteiger partial charge on any atom is 0.270 e. The maximum atomic E-state index is 12.9. The first-order valence-corrected chi connectivity index (χ1v) is 10.0. The molecule has 1 aliphatic rings. The average Bonchev–Trinajstić information content (AvgIpc) is 3.18. The normalized spacial score (nSPS) is 16.3. The summed E-state index contributed by atoms with van der Waals surface area (Å²) in [4.78, 5) is 41.7. The smallest absolute Gasteiger partial charge is 0.270 e. The first-order valence-electron chi connectivity index (χ1n) is 10.0. The number of para-hydroxylation sites is 1. The minimum atomic E-state index is -0.262. The van der Waals surface area contributed by atoms with E-state index in [4.69, 9.17) is 0 Å². The molecule has 3 N–H and O–H groups in total. The number of H-pyrrole nitrogens is 1.